The fraction of sp³-hybridized carbons (Fsp3) is 0.351. The van der Waals surface area contributed by atoms with Crippen LogP contribution in [-0.2, 0) is 21.7 Å². The average Bonchev–Trinajstić information content (AvgIpc) is 3.75. The quantitative estimate of drug-likeness (QED) is 0.175. The first kappa shape index (κ1) is 32.8. The Morgan fingerprint density at radius 2 is 1.63 bits per heavy atom. The van der Waals surface area contributed by atoms with Gasteiger partial charge in [0.2, 0.25) is 0 Å². The zero-order valence-corrected chi connectivity index (χ0v) is 28.4. The van der Waals surface area contributed by atoms with Crippen LogP contribution in [0.4, 0.5) is 11.4 Å². The van der Waals surface area contributed by atoms with E-state index in [0.717, 1.165) is 66.5 Å². The minimum atomic E-state index is -0.993. The van der Waals surface area contributed by atoms with Gasteiger partial charge in [0.1, 0.15) is 24.8 Å². The van der Waals surface area contributed by atoms with Crippen molar-refractivity contribution in [1.29, 1.82) is 0 Å². The van der Waals surface area contributed by atoms with E-state index in [9.17, 15) is 4.79 Å². The highest BCUT2D eigenvalue weighted by molar-refractivity contribution is 6.30. The van der Waals surface area contributed by atoms with Gasteiger partial charge in [0, 0.05) is 60.8 Å². The maximum atomic E-state index is 12.8. The molecule has 0 bridgehead atoms. The van der Waals surface area contributed by atoms with Gasteiger partial charge in [0.15, 0.2) is 5.79 Å². The summed E-state index contributed by atoms with van der Waals surface area (Å²) in [6, 6.07) is 25.9. The Kier molecular flexibility index (Phi) is 9.65. The predicted molar refractivity (Wildman–Crippen MR) is 189 cm³/mol. The van der Waals surface area contributed by atoms with Gasteiger partial charge in [-0.25, -0.2) is 14.0 Å². The van der Waals surface area contributed by atoms with Crippen molar-refractivity contribution in [1.82, 2.24) is 24.5 Å². The van der Waals surface area contributed by atoms with Gasteiger partial charge < -0.3 is 24.0 Å². The summed E-state index contributed by atoms with van der Waals surface area (Å²) in [4.78, 5) is 17.6. The summed E-state index contributed by atoms with van der Waals surface area (Å²) >= 11 is 6.33. The number of nitrogens with zero attached hydrogens (tertiary/aromatic N) is 7. The van der Waals surface area contributed by atoms with Gasteiger partial charge in [-0.3, -0.25) is 0 Å². The minimum Gasteiger partial charge on any atom is -0.491 e. The molecule has 254 valence electrons. The summed E-state index contributed by atoms with van der Waals surface area (Å²) in [6.45, 7) is 8.38. The van der Waals surface area contributed by atoms with Crippen LogP contribution in [0.5, 0.6) is 5.75 Å². The van der Waals surface area contributed by atoms with E-state index in [2.05, 4.69) is 56.3 Å². The molecular formula is C37H40ClN7O4. The number of halogens is 1. The molecule has 49 heavy (non-hydrogen) atoms. The lowest BCUT2D eigenvalue weighted by molar-refractivity contribution is -0.178. The molecule has 1 unspecified atom stereocenters. The summed E-state index contributed by atoms with van der Waals surface area (Å²) in [5.41, 5.74) is 4.81. The first-order valence-corrected chi connectivity index (χ1v) is 17.1. The van der Waals surface area contributed by atoms with Crippen molar-refractivity contribution >= 4 is 23.0 Å². The van der Waals surface area contributed by atoms with Crippen LogP contribution in [0, 0.1) is 0 Å². The number of benzene rings is 3. The molecule has 0 N–H and O–H groups in total. The third-order valence-electron chi connectivity index (χ3n) is 9.32. The molecule has 11 nitrogen and oxygen atoms in total. The Morgan fingerprint density at radius 1 is 0.939 bits per heavy atom. The van der Waals surface area contributed by atoms with Crippen molar-refractivity contribution < 1.29 is 14.2 Å². The second kappa shape index (κ2) is 14.4. The van der Waals surface area contributed by atoms with Gasteiger partial charge in [-0.05, 0) is 85.6 Å². The Labute approximate surface area is 290 Å². The van der Waals surface area contributed by atoms with E-state index in [1.165, 1.54) is 0 Å². The van der Waals surface area contributed by atoms with E-state index in [1.807, 2.05) is 61.5 Å². The number of anilines is 2. The van der Waals surface area contributed by atoms with E-state index in [-0.39, 0.29) is 17.8 Å². The highest BCUT2D eigenvalue weighted by atomic mass is 35.5. The minimum absolute atomic E-state index is 0.0683. The third kappa shape index (κ3) is 7.19. The Hall–Kier alpha value is -4.71. The lowest BCUT2D eigenvalue weighted by Gasteiger charge is -2.37. The molecule has 0 aliphatic carbocycles. The van der Waals surface area contributed by atoms with E-state index in [1.54, 1.807) is 28.0 Å². The lowest BCUT2D eigenvalue weighted by atomic mass is 9.98. The van der Waals surface area contributed by atoms with Crippen LogP contribution < -0.4 is 20.2 Å². The van der Waals surface area contributed by atoms with Gasteiger partial charge in [-0.2, -0.15) is 15.3 Å². The first-order chi connectivity index (χ1) is 23.9. The third-order valence-corrected chi connectivity index (χ3v) is 9.55. The van der Waals surface area contributed by atoms with E-state index >= 15 is 0 Å². The highest BCUT2D eigenvalue weighted by Gasteiger charge is 2.44. The van der Waals surface area contributed by atoms with E-state index in [0.29, 0.717) is 24.7 Å². The smallest absolute Gasteiger partial charge is 0.350 e. The van der Waals surface area contributed by atoms with Crippen LogP contribution in [0.1, 0.15) is 37.4 Å². The lowest BCUT2D eigenvalue weighted by Crippen LogP contribution is -2.46. The van der Waals surface area contributed by atoms with Gasteiger partial charge >= 0.3 is 5.69 Å². The van der Waals surface area contributed by atoms with Crippen molar-refractivity contribution in [2.24, 2.45) is 0 Å². The Morgan fingerprint density at radius 3 is 2.29 bits per heavy atom. The van der Waals surface area contributed by atoms with Crippen molar-refractivity contribution in [3.05, 3.63) is 124 Å². The van der Waals surface area contributed by atoms with Gasteiger partial charge in [-0.1, -0.05) is 30.7 Å². The molecule has 2 aliphatic heterocycles. The molecule has 12 heteroatoms. The maximum Gasteiger partial charge on any atom is 0.350 e. The molecule has 0 amide bonds. The molecule has 0 radical (unpaired) electrons. The largest absolute Gasteiger partial charge is 0.491 e. The second-order valence-electron chi connectivity index (χ2n) is 12.5. The van der Waals surface area contributed by atoms with Gasteiger partial charge in [0.25, 0.3) is 0 Å². The van der Waals surface area contributed by atoms with Crippen LogP contribution in [0.2, 0.25) is 5.02 Å². The Balaban J connectivity index is 0.922. The average molecular weight is 682 g/mol. The summed E-state index contributed by atoms with van der Waals surface area (Å²) in [7, 11) is 0. The summed E-state index contributed by atoms with van der Waals surface area (Å²) < 4.78 is 22.2. The zero-order valence-electron chi connectivity index (χ0n) is 27.7. The summed E-state index contributed by atoms with van der Waals surface area (Å²) in [5.74, 6) is -0.217. The molecule has 0 spiro atoms. The number of hydrogen-bond donors (Lipinski definition) is 0. The first-order valence-electron chi connectivity index (χ1n) is 16.7. The number of rotatable bonds is 11. The molecule has 3 aromatic carbocycles. The molecule has 4 heterocycles. The van der Waals surface area contributed by atoms with Gasteiger partial charge in [0.05, 0.1) is 24.5 Å². The fourth-order valence-electron chi connectivity index (χ4n) is 6.37. The summed E-state index contributed by atoms with van der Waals surface area (Å²) in [6.07, 6.45) is 6.05. The summed E-state index contributed by atoms with van der Waals surface area (Å²) in [5, 5.41) is 12.8. The SMILES string of the molecule is CCC(C)n1ncn(-c2ccc(N3CCN(c4ccc(OC[C@@H]5CO[C@@](Cc6ccnnc6)(c6cccc(Cl)c6)O5)cc4)CC3)cc2)c1=O. The van der Waals surface area contributed by atoms with E-state index < -0.39 is 5.79 Å². The van der Waals surface area contributed by atoms with Crippen molar-refractivity contribution in [2.45, 2.75) is 44.6 Å². The predicted octanol–water partition coefficient (Wildman–Crippen LogP) is 5.66. The molecule has 2 saturated heterocycles. The molecular weight excluding hydrogens is 642 g/mol. The molecule has 2 aromatic heterocycles. The molecule has 3 atom stereocenters. The molecule has 2 fully saturated rings. The van der Waals surface area contributed by atoms with E-state index in [4.69, 9.17) is 25.8 Å². The second-order valence-corrected chi connectivity index (χ2v) is 13.0. The zero-order chi connectivity index (χ0) is 33.8. The fourth-order valence-corrected chi connectivity index (χ4v) is 6.56. The van der Waals surface area contributed by atoms with Crippen LogP contribution >= 0.6 is 11.6 Å². The molecule has 5 aromatic rings. The molecule has 2 aliphatic rings. The monoisotopic (exact) mass is 681 g/mol. The van der Waals surface area contributed by atoms with Crippen LogP contribution in [0.25, 0.3) is 5.69 Å². The number of ether oxygens (including phenoxy) is 3. The standard InChI is InChI=1S/C37H40ClN7O4/c1-3-27(2)45-36(46)44(26-41-45)33-9-7-31(8-10-33)42-17-19-43(20-18-42)32-11-13-34(14-12-32)47-24-35-25-48-37(49-35,22-28-15-16-39-40-23-28)29-5-4-6-30(38)21-29/h4-16,21,23,26-27,35H,3,17-20,22,24-25H2,1-2H3/t27?,35-,37-/m1/s1. The van der Waals surface area contributed by atoms with Crippen LogP contribution in [-0.4, -0.2) is 70.0 Å². The highest BCUT2D eigenvalue weighted by Crippen LogP contribution is 2.38. The van der Waals surface area contributed by atoms with Crippen molar-refractivity contribution in [2.75, 3.05) is 49.2 Å². The normalized spacial score (nSPS) is 20.0. The number of hydrogen-bond acceptors (Lipinski definition) is 9. The number of piperazine rings is 1. The topological polar surface area (TPSA) is 99.8 Å². The van der Waals surface area contributed by atoms with Crippen molar-refractivity contribution in [3.63, 3.8) is 0 Å². The maximum absolute atomic E-state index is 12.8. The molecule has 0 saturated carbocycles. The van der Waals surface area contributed by atoms with Crippen LogP contribution in [0.15, 0.2) is 102 Å². The van der Waals surface area contributed by atoms with Gasteiger partial charge in [-0.15, -0.1) is 0 Å². The van der Waals surface area contributed by atoms with Crippen molar-refractivity contribution in [3.8, 4) is 11.4 Å². The van der Waals surface area contributed by atoms with Crippen LogP contribution in [0.3, 0.4) is 0 Å². The molecule has 7 rings (SSSR count). The number of aromatic nitrogens is 5. The Bertz CT molecular complexity index is 1890.